The Morgan fingerprint density at radius 3 is 2.28 bits per heavy atom. The SMILES string of the molecule is CCCC1N(C(=O)c2ncccc2C(F)(F)F)CCCC1(Oc1csc(C(F)(F)F)c1)C(=O)N1CCC(C#N)(c2ccccc2OC2CCC(C)(C(=O)O)CC2)CC1. The molecule has 0 radical (unpaired) electrons. The number of carboxylic acids is 1. The van der Waals surface area contributed by atoms with E-state index in [1.54, 1.807) is 38.1 Å². The summed E-state index contributed by atoms with van der Waals surface area (Å²) in [5, 5.41) is 21.5. The molecule has 2 aliphatic heterocycles. The van der Waals surface area contributed by atoms with Gasteiger partial charge in [0.05, 0.1) is 34.6 Å². The summed E-state index contributed by atoms with van der Waals surface area (Å²) in [4.78, 5) is 46.4. The van der Waals surface area contributed by atoms with Gasteiger partial charge in [0.1, 0.15) is 22.1 Å². The third-order valence-electron chi connectivity index (χ3n) is 11.9. The second kappa shape index (κ2) is 16.4. The van der Waals surface area contributed by atoms with E-state index in [0.717, 1.165) is 34.7 Å². The molecule has 2 aromatic heterocycles. The van der Waals surface area contributed by atoms with Crippen molar-refractivity contribution in [3.8, 4) is 17.6 Å². The molecule has 2 amide bonds. The van der Waals surface area contributed by atoms with Crippen LogP contribution in [0.15, 0.2) is 54.0 Å². The average molecular weight is 835 g/mol. The van der Waals surface area contributed by atoms with Crippen LogP contribution in [0.2, 0.25) is 0 Å². The summed E-state index contributed by atoms with van der Waals surface area (Å²) in [6.45, 7) is 3.42. The number of benzene rings is 1. The van der Waals surface area contributed by atoms with E-state index in [0.29, 0.717) is 54.8 Å². The van der Waals surface area contributed by atoms with Crippen molar-refractivity contribution < 1.29 is 55.3 Å². The van der Waals surface area contributed by atoms with Crippen LogP contribution in [-0.2, 0) is 27.4 Å². The second-order valence-corrected chi connectivity index (χ2v) is 16.5. The van der Waals surface area contributed by atoms with Crippen LogP contribution in [0.4, 0.5) is 26.3 Å². The van der Waals surface area contributed by atoms with E-state index in [4.69, 9.17) is 9.47 Å². The molecule has 2 saturated heterocycles. The van der Waals surface area contributed by atoms with Gasteiger partial charge in [0.25, 0.3) is 11.8 Å². The van der Waals surface area contributed by atoms with Crippen molar-refractivity contribution in [3.05, 3.63) is 75.7 Å². The number of carboxylic acid groups (broad SMARTS) is 1. The number of para-hydroxylation sites is 1. The molecular weight excluding hydrogens is 791 g/mol. The standard InChI is InChI=1S/C41H44F6N4O6S/c1-3-8-31-39(57-27-23-32(58-24-27)41(45,46)47,14-7-20-51(31)34(52)33-29(40(42,43)44)10-6-19-49-33)35(53)50-21-17-38(25-48,18-22-50)28-9-4-5-11-30(28)56-26-12-15-37(2,16-13-26)36(54)55/h4-6,9-11,19,23-24,26,31H,3,7-8,12-18,20-22H2,1-2H3,(H,54,55). The van der Waals surface area contributed by atoms with Gasteiger partial charge in [0, 0.05) is 49.3 Å². The fourth-order valence-electron chi connectivity index (χ4n) is 8.58. The zero-order valence-corrected chi connectivity index (χ0v) is 32.8. The number of aliphatic carboxylic acids is 1. The molecule has 3 aromatic rings. The van der Waals surface area contributed by atoms with Gasteiger partial charge in [-0.25, -0.2) is 0 Å². The Morgan fingerprint density at radius 2 is 1.67 bits per heavy atom. The van der Waals surface area contributed by atoms with Crippen LogP contribution < -0.4 is 9.47 Å². The molecule has 58 heavy (non-hydrogen) atoms. The number of thiophene rings is 1. The number of ether oxygens (including phenoxy) is 2. The first-order valence-corrected chi connectivity index (χ1v) is 20.1. The number of alkyl halides is 6. The first kappa shape index (κ1) is 42.7. The van der Waals surface area contributed by atoms with Crippen LogP contribution in [0.1, 0.15) is 105 Å². The van der Waals surface area contributed by atoms with Crippen LogP contribution in [0.3, 0.4) is 0 Å². The summed E-state index contributed by atoms with van der Waals surface area (Å²) in [7, 11) is 0. The second-order valence-electron chi connectivity index (χ2n) is 15.6. The number of hydrogen-bond acceptors (Lipinski definition) is 8. The summed E-state index contributed by atoms with van der Waals surface area (Å²) in [5.74, 6) is -2.39. The number of amides is 2. The number of carbonyl (C=O) groups excluding carboxylic acids is 2. The van der Waals surface area contributed by atoms with Gasteiger partial charge >= 0.3 is 18.3 Å². The van der Waals surface area contributed by atoms with Gasteiger partial charge < -0.3 is 24.4 Å². The third-order valence-corrected chi connectivity index (χ3v) is 12.8. The lowest BCUT2D eigenvalue weighted by Crippen LogP contribution is -2.68. The summed E-state index contributed by atoms with van der Waals surface area (Å²) in [6, 6.07) is 10.9. The van der Waals surface area contributed by atoms with Crippen molar-refractivity contribution in [2.24, 2.45) is 5.41 Å². The van der Waals surface area contributed by atoms with Crippen molar-refractivity contribution in [1.29, 1.82) is 5.26 Å². The summed E-state index contributed by atoms with van der Waals surface area (Å²) in [6.07, 6.45) is -6.29. The lowest BCUT2D eigenvalue weighted by molar-refractivity contribution is -0.160. The molecule has 17 heteroatoms. The lowest BCUT2D eigenvalue weighted by Gasteiger charge is -2.51. The Morgan fingerprint density at radius 1 is 0.983 bits per heavy atom. The molecule has 0 bridgehead atoms. The molecular formula is C41H44F6N4O6S. The fraction of sp³-hybridized carbons (Fsp3) is 0.537. The van der Waals surface area contributed by atoms with E-state index in [9.17, 15) is 46.3 Å². The van der Waals surface area contributed by atoms with Crippen molar-refractivity contribution >= 4 is 29.1 Å². The van der Waals surface area contributed by atoms with Crippen molar-refractivity contribution in [2.45, 2.75) is 114 Å². The molecule has 1 N–H and O–H groups in total. The number of hydrogen-bond donors (Lipinski definition) is 1. The molecule has 312 valence electrons. The van der Waals surface area contributed by atoms with Gasteiger partial charge in [-0.3, -0.25) is 19.4 Å². The molecule has 1 aromatic carbocycles. The lowest BCUT2D eigenvalue weighted by atomic mass is 9.72. The maximum absolute atomic E-state index is 15.1. The van der Waals surface area contributed by atoms with E-state index in [-0.39, 0.29) is 63.6 Å². The van der Waals surface area contributed by atoms with Gasteiger partial charge in [-0.2, -0.15) is 31.6 Å². The monoisotopic (exact) mass is 834 g/mol. The van der Waals surface area contributed by atoms with Gasteiger partial charge in [-0.1, -0.05) is 31.5 Å². The fourth-order valence-corrected chi connectivity index (χ4v) is 9.26. The number of carbonyl (C=O) groups is 3. The van der Waals surface area contributed by atoms with Crippen LogP contribution in [-0.4, -0.2) is 75.1 Å². The molecule has 1 saturated carbocycles. The molecule has 10 nitrogen and oxygen atoms in total. The largest absolute Gasteiger partial charge is 0.490 e. The molecule has 2 unspecified atom stereocenters. The number of aromatic nitrogens is 1. The predicted octanol–water partition coefficient (Wildman–Crippen LogP) is 8.90. The molecule has 3 fully saturated rings. The normalized spacial score (nSPS) is 25.1. The molecule has 0 spiro atoms. The summed E-state index contributed by atoms with van der Waals surface area (Å²) < 4.78 is 96.4. The van der Waals surface area contributed by atoms with Crippen LogP contribution in [0.25, 0.3) is 0 Å². The predicted molar refractivity (Wildman–Crippen MR) is 199 cm³/mol. The van der Waals surface area contributed by atoms with E-state index in [1.807, 2.05) is 0 Å². The zero-order valence-electron chi connectivity index (χ0n) is 32.0. The van der Waals surface area contributed by atoms with Crippen molar-refractivity contribution in [3.63, 3.8) is 0 Å². The van der Waals surface area contributed by atoms with Gasteiger partial charge in [-0.05, 0) is 76.5 Å². The quantitative estimate of drug-likeness (QED) is 0.200. The van der Waals surface area contributed by atoms with Crippen molar-refractivity contribution in [1.82, 2.24) is 14.8 Å². The minimum atomic E-state index is -4.92. The zero-order chi connectivity index (χ0) is 42.1. The average Bonchev–Trinajstić information content (AvgIpc) is 3.68. The molecule has 2 atom stereocenters. The van der Waals surface area contributed by atoms with Gasteiger partial charge in [0.15, 0.2) is 0 Å². The van der Waals surface area contributed by atoms with Gasteiger partial charge in [0.2, 0.25) is 5.60 Å². The van der Waals surface area contributed by atoms with E-state index >= 15 is 4.79 Å². The number of pyridine rings is 1. The first-order chi connectivity index (χ1) is 27.4. The van der Waals surface area contributed by atoms with Crippen molar-refractivity contribution in [2.75, 3.05) is 19.6 Å². The number of rotatable bonds is 10. The highest BCUT2D eigenvalue weighted by Gasteiger charge is 2.57. The minimum absolute atomic E-state index is 0.00885. The van der Waals surface area contributed by atoms with Gasteiger partial charge in [-0.15, -0.1) is 11.3 Å². The van der Waals surface area contributed by atoms with Crippen LogP contribution >= 0.6 is 11.3 Å². The first-order valence-electron chi connectivity index (χ1n) is 19.3. The maximum Gasteiger partial charge on any atom is 0.425 e. The highest BCUT2D eigenvalue weighted by Crippen LogP contribution is 2.46. The molecule has 6 rings (SSSR count). The Hall–Kier alpha value is -4.85. The number of nitriles is 1. The molecule has 3 aliphatic rings. The minimum Gasteiger partial charge on any atom is -0.490 e. The summed E-state index contributed by atoms with van der Waals surface area (Å²) >= 11 is 0.365. The number of piperidine rings is 2. The maximum atomic E-state index is 15.1. The summed E-state index contributed by atoms with van der Waals surface area (Å²) in [5.41, 5.74) is -5.49. The Balaban J connectivity index is 1.31. The number of halogens is 6. The smallest absolute Gasteiger partial charge is 0.425 e. The Bertz CT molecular complexity index is 2030. The highest BCUT2D eigenvalue weighted by atomic mass is 32.1. The van der Waals surface area contributed by atoms with Crippen LogP contribution in [0, 0.1) is 16.7 Å². The third kappa shape index (κ3) is 8.35. The molecule has 1 aliphatic carbocycles. The highest BCUT2D eigenvalue weighted by molar-refractivity contribution is 7.10. The van der Waals surface area contributed by atoms with E-state index in [1.165, 1.54) is 4.90 Å². The van der Waals surface area contributed by atoms with E-state index < -0.39 is 68.7 Å². The van der Waals surface area contributed by atoms with E-state index in [2.05, 4.69) is 11.1 Å². The topological polar surface area (TPSA) is 133 Å². The number of nitrogens with zero attached hydrogens (tertiary/aromatic N) is 4. The molecule has 4 heterocycles. The number of likely N-dealkylation sites (tertiary alicyclic amines) is 2. The Labute approximate surface area is 335 Å². The Kier molecular flexibility index (Phi) is 12.1. The van der Waals surface area contributed by atoms with Crippen LogP contribution in [0.5, 0.6) is 11.5 Å².